The van der Waals surface area contributed by atoms with E-state index in [1.165, 1.54) is 0 Å². The second-order valence-corrected chi connectivity index (χ2v) is 13.4. The summed E-state index contributed by atoms with van der Waals surface area (Å²) in [7, 11) is 0. The first-order valence-electron chi connectivity index (χ1n) is 16.2. The van der Waals surface area contributed by atoms with E-state index in [0.29, 0.717) is 62.5 Å². The van der Waals surface area contributed by atoms with E-state index in [9.17, 15) is 9.50 Å². The number of aromatic nitrogens is 5. The van der Waals surface area contributed by atoms with Crippen LogP contribution < -0.4 is 9.64 Å². The smallest absolute Gasteiger partial charge is 0.319 e. The Kier molecular flexibility index (Phi) is 7.33. The molecule has 5 aliphatic heterocycles. The van der Waals surface area contributed by atoms with Crippen molar-refractivity contribution in [2.45, 2.75) is 69.7 Å². The molecule has 6 bridgehead atoms. The van der Waals surface area contributed by atoms with Crippen LogP contribution in [0.2, 0.25) is 0 Å². The summed E-state index contributed by atoms with van der Waals surface area (Å²) in [5, 5.41) is 19.4. The molecular weight excluding hydrogens is 580 g/mol. The number of benzene rings is 1. The number of H-pyrrole nitrogens is 1. The SMILES string of the molecule is Cc1cc2[nH]ncc2c2c1CCCCOC[C@@H]1C[C@H](O)CN(C1)c1nc(OC[C@@]34CCCN3C[C@H](F)C4)nc3c(F)c-2ncc13. The lowest BCUT2D eigenvalue weighted by Crippen LogP contribution is -2.45. The van der Waals surface area contributed by atoms with Crippen LogP contribution in [0.4, 0.5) is 14.6 Å². The zero-order valence-corrected chi connectivity index (χ0v) is 25.6. The number of aliphatic hydroxyl groups excluding tert-OH is 1. The van der Waals surface area contributed by atoms with Crippen molar-refractivity contribution in [2.24, 2.45) is 5.92 Å². The number of piperidine rings is 1. The van der Waals surface area contributed by atoms with E-state index in [1.54, 1.807) is 12.4 Å². The predicted octanol–water partition coefficient (Wildman–Crippen LogP) is 4.51. The number of hydrogen-bond donors (Lipinski definition) is 2. The largest absolute Gasteiger partial charge is 0.461 e. The molecule has 238 valence electrons. The van der Waals surface area contributed by atoms with E-state index in [1.807, 2.05) is 11.8 Å². The summed E-state index contributed by atoms with van der Waals surface area (Å²) in [4.78, 5) is 18.4. The second-order valence-electron chi connectivity index (χ2n) is 13.4. The number of anilines is 1. The van der Waals surface area contributed by atoms with Crippen molar-refractivity contribution in [3.05, 3.63) is 35.4 Å². The van der Waals surface area contributed by atoms with Gasteiger partial charge in [0.15, 0.2) is 5.82 Å². The molecule has 0 aliphatic carbocycles. The molecule has 4 atom stereocenters. The first-order chi connectivity index (χ1) is 21.9. The third-order valence-corrected chi connectivity index (χ3v) is 10.3. The van der Waals surface area contributed by atoms with E-state index in [-0.39, 0.29) is 29.7 Å². The van der Waals surface area contributed by atoms with Crippen LogP contribution in [-0.2, 0) is 11.2 Å². The number of aromatic amines is 1. The van der Waals surface area contributed by atoms with Crippen LogP contribution in [0.15, 0.2) is 18.5 Å². The summed E-state index contributed by atoms with van der Waals surface area (Å²) < 4.78 is 43.9. The molecule has 2 N–H and O–H groups in total. The molecule has 1 aromatic carbocycles. The van der Waals surface area contributed by atoms with E-state index in [2.05, 4.69) is 26.1 Å². The van der Waals surface area contributed by atoms with Crippen LogP contribution in [0, 0.1) is 18.7 Å². The fourth-order valence-corrected chi connectivity index (χ4v) is 8.23. The predicted molar refractivity (Wildman–Crippen MR) is 166 cm³/mol. The van der Waals surface area contributed by atoms with Crippen molar-refractivity contribution in [1.29, 1.82) is 0 Å². The number of nitrogens with one attached hydrogen (secondary N) is 1. The number of alkyl halides is 1. The van der Waals surface area contributed by atoms with Crippen LogP contribution in [0.25, 0.3) is 33.1 Å². The lowest BCUT2D eigenvalue weighted by molar-refractivity contribution is 0.0564. The van der Waals surface area contributed by atoms with Crippen molar-refractivity contribution in [2.75, 3.05) is 50.9 Å². The lowest BCUT2D eigenvalue weighted by atomic mass is 9.91. The van der Waals surface area contributed by atoms with Crippen LogP contribution in [0.1, 0.15) is 49.7 Å². The Morgan fingerprint density at radius 2 is 2.07 bits per heavy atom. The van der Waals surface area contributed by atoms with Gasteiger partial charge >= 0.3 is 6.01 Å². The third-order valence-electron chi connectivity index (χ3n) is 10.3. The maximum absolute atomic E-state index is 17.0. The monoisotopic (exact) mass is 619 g/mol. The molecule has 45 heavy (non-hydrogen) atoms. The molecule has 9 rings (SSSR count). The highest BCUT2D eigenvalue weighted by molar-refractivity contribution is 5.99. The average Bonchev–Trinajstić information content (AvgIpc) is 3.71. The van der Waals surface area contributed by atoms with Crippen molar-refractivity contribution < 1.29 is 23.4 Å². The fraction of sp³-hybridized carbons (Fsp3) is 0.576. The number of rotatable bonds is 3. The minimum atomic E-state index is -0.892. The first-order valence-corrected chi connectivity index (χ1v) is 16.2. The highest BCUT2D eigenvalue weighted by Gasteiger charge is 2.49. The molecule has 5 aliphatic rings. The van der Waals surface area contributed by atoms with Gasteiger partial charge in [-0.3, -0.25) is 15.0 Å². The second kappa shape index (κ2) is 11.4. The maximum atomic E-state index is 17.0. The summed E-state index contributed by atoms with van der Waals surface area (Å²) >= 11 is 0. The van der Waals surface area contributed by atoms with Crippen LogP contribution in [0.3, 0.4) is 0 Å². The fourth-order valence-electron chi connectivity index (χ4n) is 8.23. The molecule has 8 heterocycles. The van der Waals surface area contributed by atoms with Gasteiger partial charge in [0.25, 0.3) is 0 Å². The van der Waals surface area contributed by atoms with Gasteiger partial charge in [0.2, 0.25) is 0 Å². The summed E-state index contributed by atoms with van der Waals surface area (Å²) in [6.07, 6.45) is 7.21. The number of hydrogen-bond acceptors (Lipinski definition) is 9. The molecule has 0 amide bonds. The lowest BCUT2D eigenvalue weighted by Gasteiger charge is -2.37. The molecule has 3 saturated heterocycles. The number of aliphatic hydroxyl groups is 1. The quantitative estimate of drug-likeness (QED) is 0.342. The highest BCUT2D eigenvalue weighted by atomic mass is 19.1. The number of ether oxygens (including phenoxy) is 2. The molecule has 0 unspecified atom stereocenters. The number of aryl methyl sites for hydroxylation is 1. The molecule has 4 aromatic rings. The van der Waals surface area contributed by atoms with E-state index in [0.717, 1.165) is 60.7 Å². The normalized spacial score (nSPS) is 27.5. The number of nitrogens with zero attached hydrogens (tertiary/aromatic N) is 6. The third kappa shape index (κ3) is 5.11. The van der Waals surface area contributed by atoms with Gasteiger partial charge in [-0.1, -0.05) is 0 Å². The Bertz CT molecular complexity index is 1750. The van der Waals surface area contributed by atoms with Crippen LogP contribution in [-0.4, -0.2) is 99.0 Å². The Balaban J connectivity index is 1.29. The van der Waals surface area contributed by atoms with Gasteiger partial charge in [0, 0.05) is 55.7 Å². The minimum absolute atomic E-state index is 0.0454. The molecule has 0 saturated carbocycles. The summed E-state index contributed by atoms with van der Waals surface area (Å²) in [6, 6.07) is 2.10. The first kappa shape index (κ1) is 29.0. The molecule has 3 fully saturated rings. The van der Waals surface area contributed by atoms with E-state index in [4.69, 9.17) is 19.4 Å². The summed E-state index contributed by atoms with van der Waals surface area (Å²) in [5.74, 6) is -0.00103. The van der Waals surface area contributed by atoms with Gasteiger partial charge in [-0.25, -0.2) is 8.78 Å². The zero-order valence-electron chi connectivity index (χ0n) is 25.6. The topological polar surface area (TPSA) is 113 Å². The minimum Gasteiger partial charge on any atom is -0.461 e. The molecule has 0 spiro atoms. The molecule has 12 heteroatoms. The van der Waals surface area contributed by atoms with Crippen LogP contribution >= 0.6 is 0 Å². The Labute approximate surface area is 260 Å². The van der Waals surface area contributed by atoms with Crippen molar-refractivity contribution in [1.82, 2.24) is 30.0 Å². The standard InChI is InChI=1S/C33H39F2N7O3/c1-19-9-26-24(13-37-40-26)27-23(19)5-2-3-8-44-17-20-10-22(43)16-41(14-20)31-25-12-36-30(27)28(35)29(25)38-32(39-31)45-18-33-6-4-7-42(33)15-21(34)11-33/h9,12-13,20-22,43H,2-8,10-11,14-18H2,1H3,(H,37,40)/t20-,21-,22+,33+/m1/s1. The van der Waals surface area contributed by atoms with Gasteiger partial charge in [0.1, 0.15) is 29.8 Å². The van der Waals surface area contributed by atoms with Gasteiger partial charge in [-0.2, -0.15) is 15.1 Å². The Morgan fingerprint density at radius 3 is 2.98 bits per heavy atom. The van der Waals surface area contributed by atoms with Crippen molar-refractivity contribution >= 4 is 27.6 Å². The van der Waals surface area contributed by atoms with Gasteiger partial charge in [0.05, 0.1) is 35.3 Å². The van der Waals surface area contributed by atoms with Crippen molar-refractivity contribution in [3.8, 4) is 17.3 Å². The number of pyridine rings is 1. The maximum Gasteiger partial charge on any atom is 0.319 e. The Hall–Kier alpha value is -3.48. The molecule has 10 nitrogen and oxygen atoms in total. The van der Waals surface area contributed by atoms with Gasteiger partial charge < -0.3 is 19.5 Å². The molecule has 3 aromatic heterocycles. The van der Waals surface area contributed by atoms with Gasteiger partial charge in [-0.15, -0.1) is 0 Å². The number of fused-ring (bicyclic) bond motifs is 8. The molecule has 0 radical (unpaired) electrons. The summed E-state index contributed by atoms with van der Waals surface area (Å²) in [6.45, 7) is 5.58. The van der Waals surface area contributed by atoms with E-state index < -0.39 is 23.6 Å². The van der Waals surface area contributed by atoms with Crippen molar-refractivity contribution in [3.63, 3.8) is 0 Å². The highest BCUT2D eigenvalue weighted by Crippen LogP contribution is 2.42. The average molecular weight is 620 g/mol. The number of halogens is 2. The van der Waals surface area contributed by atoms with Crippen LogP contribution in [0.5, 0.6) is 6.01 Å². The Morgan fingerprint density at radius 1 is 1.16 bits per heavy atom. The molecular formula is C33H39F2N7O3. The van der Waals surface area contributed by atoms with Gasteiger partial charge in [-0.05, 0) is 69.2 Å². The van der Waals surface area contributed by atoms with E-state index >= 15 is 4.39 Å². The zero-order chi connectivity index (χ0) is 30.7. The summed E-state index contributed by atoms with van der Waals surface area (Å²) in [5.41, 5.74) is 3.51.